The fraction of sp³-hybridized carbons (Fsp3) is 0.286. The summed E-state index contributed by atoms with van der Waals surface area (Å²) < 4.78 is 14.8. The standard InChI is InChI=1S/C14H14BrClFN3/c1-3-6-18-14-12(17)8(2)19-13(20-14)10-7-9(16)4-5-11(10)15/h4-5,7H,3,6H2,1-2H3,(H,18,19,20). The van der Waals surface area contributed by atoms with Crippen molar-refractivity contribution in [2.24, 2.45) is 0 Å². The highest BCUT2D eigenvalue weighted by molar-refractivity contribution is 9.10. The van der Waals surface area contributed by atoms with Gasteiger partial charge in [-0.25, -0.2) is 14.4 Å². The van der Waals surface area contributed by atoms with Crippen molar-refractivity contribution in [2.45, 2.75) is 20.3 Å². The number of rotatable bonds is 4. The summed E-state index contributed by atoms with van der Waals surface area (Å²) in [6.07, 6.45) is 0.888. The Bertz CT molecular complexity index is 634. The molecule has 0 radical (unpaired) electrons. The molecule has 0 aliphatic carbocycles. The van der Waals surface area contributed by atoms with Crippen LogP contribution in [0.1, 0.15) is 19.0 Å². The molecule has 0 saturated heterocycles. The first kappa shape index (κ1) is 15.2. The Kier molecular flexibility index (Phi) is 4.94. The van der Waals surface area contributed by atoms with Gasteiger partial charge in [0.25, 0.3) is 0 Å². The van der Waals surface area contributed by atoms with Gasteiger partial charge in [-0.05, 0) is 31.5 Å². The molecule has 0 unspecified atom stereocenters. The normalized spacial score (nSPS) is 10.7. The van der Waals surface area contributed by atoms with Gasteiger partial charge >= 0.3 is 0 Å². The van der Waals surface area contributed by atoms with Crippen LogP contribution in [0.25, 0.3) is 11.4 Å². The lowest BCUT2D eigenvalue weighted by Gasteiger charge is -2.10. The van der Waals surface area contributed by atoms with E-state index in [0.717, 1.165) is 16.5 Å². The van der Waals surface area contributed by atoms with E-state index in [4.69, 9.17) is 11.6 Å². The van der Waals surface area contributed by atoms with E-state index in [1.807, 2.05) is 13.0 Å². The van der Waals surface area contributed by atoms with E-state index in [0.29, 0.717) is 23.1 Å². The minimum absolute atomic E-state index is 0.223. The lowest BCUT2D eigenvalue weighted by atomic mass is 10.2. The van der Waals surface area contributed by atoms with E-state index in [-0.39, 0.29) is 5.82 Å². The summed E-state index contributed by atoms with van der Waals surface area (Å²) in [4.78, 5) is 8.46. The van der Waals surface area contributed by atoms with E-state index >= 15 is 0 Å². The molecule has 6 heteroatoms. The summed E-state index contributed by atoms with van der Waals surface area (Å²) in [5.41, 5.74) is 1.04. The van der Waals surface area contributed by atoms with Gasteiger partial charge in [-0.1, -0.05) is 34.5 Å². The SMILES string of the molecule is CCCNc1nc(-c2cc(Cl)ccc2Br)nc(C)c1F. The van der Waals surface area contributed by atoms with Crippen molar-refractivity contribution in [3.05, 3.63) is 39.2 Å². The number of anilines is 1. The van der Waals surface area contributed by atoms with Crippen molar-refractivity contribution in [1.29, 1.82) is 0 Å². The highest BCUT2D eigenvalue weighted by Crippen LogP contribution is 2.30. The third-order valence-corrected chi connectivity index (χ3v) is 3.66. The van der Waals surface area contributed by atoms with Gasteiger partial charge in [0, 0.05) is 21.6 Å². The average Bonchev–Trinajstić information content (AvgIpc) is 2.43. The van der Waals surface area contributed by atoms with Gasteiger partial charge in [0.05, 0.1) is 5.69 Å². The number of halogens is 3. The van der Waals surface area contributed by atoms with Crippen LogP contribution in [0, 0.1) is 12.7 Å². The van der Waals surface area contributed by atoms with Gasteiger partial charge in [0.15, 0.2) is 17.5 Å². The molecule has 0 spiro atoms. The molecule has 0 fully saturated rings. The van der Waals surface area contributed by atoms with E-state index in [2.05, 4.69) is 31.2 Å². The first-order chi connectivity index (χ1) is 9.52. The fourth-order valence-corrected chi connectivity index (χ4v) is 2.31. The molecule has 0 bridgehead atoms. The molecule has 2 rings (SSSR count). The third kappa shape index (κ3) is 3.27. The quantitative estimate of drug-likeness (QED) is 0.850. The Morgan fingerprint density at radius 2 is 2.10 bits per heavy atom. The van der Waals surface area contributed by atoms with Gasteiger partial charge in [0.2, 0.25) is 0 Å². The predicted octanol–water partition coefficient (Wildman–Crippen LogP) is 4.83. The number of nitrogens with one attached hydrogen (secondary N) is 1. The molecule has 0 aliphatic rings. The molecule has 20 heavy (non-hydrogen) atoms. The highest BCUT2D eigenvalue weighted by atomic mass is 79.9. The Morgan fingerprint density at radius 3 is 2.80 bits per heavy atom. The van der Waals surface area contributed by atoms with Crippen molar-refractivity contribution in [2.75, 3.05) is 11.9 Å². The Labute approximate surface area is 130 Å². The zero-order valence-corrected chi connectivity index (χ0v) is 13.5. The van der Waals surface area contributed by atoms with E-state index < -0.39 is 5.82 Å². The lowest BCUT2D eigenvalue weighted by Crippen LogP contribution is -2.08. The third-order valence-electron chi connectivity index (χ3n) is 2.73. The van der Waals surface area contributed by atoms with Crippen LogP contribution in [-0.2, 0) is 0 Å². The monoisotopic (exact) mass is 357 g/mol. The smallest absolute Gasteiger partial charge is 0.186 e. The van der Waals surface area contributed by atoms with Crippen LogP contribution in [0.4, 0.5) is 10.2 Å². The zero-order chi connectivity index (χ0) is 14.7. The van der Waals surface area contributed by atoms with Crippen molar-refractivity contribution < 1.29 is 4.39 Å². The van der Waals surface area contributed by atoms with Crippen LogP contribution in [0.2, 0.25) is 5.02 Å². The van der Waals surface area contributed by atoms with E-state index in [1.54, 1.807) is 19.1 Å². The second-order valence-corrected chi connectivity index (χ2v) is 5.64. The second-order valence-electron chi connectivity index (χ2n) is 4.35. The summed E-state index contributed by atoms with van der Waals surface area (Å²) >= 11 is 9.43. The van der Waals surface area contributed by atoms with Gasteiger partial charge in [0.1, 0.15) is 0 Å². The van der Waals surface area contributed by atoms with Crippen LogP contribution in [0.3, 0.4) is 0 Å². The molecule has 0 aliphatic heterocycles. The number of benzene rings is 1. The summed E-state index contributed by atoms with van der Waals surface area (Å²) in [7, 11) is 0. The molecule has 1 heterocycles. The minimum Gasteiger partial charge on any atom is -0.368 e. The Balaban J connectivity index is 2.51. The molecular formula is C14H14BrClFN3. The van der Waals surface area contributed by atoms with E-state index in [1.165, 1.54) is 0 Å². The zero-order valence-electron chi connectivity index (χ0n) is 11.2. The first-order valence-corrected chi connectivity index (χ1v) is 7.43. The molecule has 0 amide bonds. The van der Waals surface area contributed by atoms with Crippen molar-refractivity contribution in [3.63, 3.8) is 0 Å². The maximum absolute atomic E-state index is 14.0. The Hall–Kier alpha value is -1.20. The van der Waals surface area contributed by atoms with E-state index in [9.17, 15) is 4.39 Å². The van der Waals surface area contributed by atoms with Crippen molar-refractivity contribution in [3.8, 4) is 11.4 Å². The van der Waals surface area contributed by atoms with Gasteiger partial charge in [-0.15, -0.1) is 0 Å². The summed E-state index contributed by atoms with van der Waals surface area (Å²) in [6, 6.07) is 5.34. The van der Waals surface area contributed by atoms with Crippen LogP contribution in [-0.4, -0.2) is 16.5 Å². The summed E-state index contributed by atoms with van der Waals surface area (Å²) in [5, 5.41) is 3.55. The molecule has 1 N–H and O–H groups in total. The fourth-order valence-electron chi connectivity index (χ4n) is 1.71. The topological polar surface area (TPSA) is 37.8 Å². The number of hydrogen-bond acceptors (Lipinski definition) is 3. The predicted molar refractivity (Wildman–Crippen MR) is 83.7 cm³/mol. The molecule has 3 nitrogen and oxygen atoms in total. The van der Waals surface area contributed by atoms with Crippen LogP contribution in [0.15, 0.2) is 22.7 Å². The molecule has 1 aromatic heterocycles. The molecule has 0 atom stereocenters. The summed E-state index contributed by atoms with van der Waals surface area (Å²) in [6.45, 7) is 4.28. The molecule has 0 saturated carbocycles. The number of hydrogen-bond donors (Lipinski definition) is 1. The van der Waals surface area contributed by atoms with Gasteiger partial charge in [-0.2, -0.15) is 0 Å². The average molecular weight is 359 g/mol. The van der Waals surface area contributed by atoms with Crippen LogP contribution >= 0.6 is 27.5 Å². The number of aryl methyl sites for hydroxylation is 1. The summed E-state index contributed by atoms with van der Waals surface area (Å²) in [5.74, 6) is 0.249. The largest absolute Gasteiger partial charge is 0.368 e. The minimum atomic E-state index is -0.416. The number of aromatic nitrogens is 2. The maximum Gasteiger partial charge on any atom is 0.186 e. The molecule has 2 aromatic rings. The van der Waals surface area contributed by atoms with Gasteiger partial charge < -0.3 is 5.32 Å². The van der Waals surface area contributed by atoms with Crippen LogP contribution in [0.5, 0.6) is 0 Å². The number of nitrogens with zero attached hydrogens (tertiary/aromatic N) is 2. The Morgan fingerprint density at radius 1 is 1.35 bits per heavy atom. The first-order valence-electron chi connectivity index (χ1n) is 6.26. The molecule has 1 aromatic carbocycles. The second kappa shape index (κ2) is 6.50. The molecular weight excluding hydrogens is 345 g/mol. The molecule has 106 valence electrons. The highest BCUT2D eigenvalue weighted by Gasteiger charge is 2.14. The van der Waals surface area contributed by atoms with Gasteiger partial charge in [-0.3, -0.25) is 0 Å². The van der Waals surface area contributed by atoms with Crippen LogP contribution < -0.4 is 5.32 Å². The van der Waals surface area contributed by atoms with Crippen molar-refractivity contribution in [1.82, 2.24) is 9.97 Å². The van der Waals surface area contributed by atoms with Crippen molar-refractivity contribution >= 4 is 33.3 Å². The maximum atomic E-state index is 14.0. The lowest BCUT2D eigenvalue weighted by molar-refractivity contribution is 0.605.